The largest absolute Gasteiger partial charge is 0.511 e. The number of hydrogen-bond donors (Lipinski definition) is 1. The standard InChI is InChI=1S/C22H20F2N2O4/c23-17-9-15(10-18(24)12-17)14-4-7-25(8-5-14)13-16-11-20(30-22(28)29)21(27)26-6-2-1-3-19(16)26/h1-3,6,9-12,14H,4-5,7-8,13H2,(H,28,29). The molecule has 1 N–H and O–H groups in total. The van der Waals surface area contributed by atoms with Crippen LogP contribution in [0.3, 0.4) is 0 Å². The Morgan fingerprint density at radius 1 is 1.10 bits per heavy atom. The third-order valence-corrected chi connectivity index (χ3v) is 5.46. The highest BCUT2D eigenvalue weighted by Crippen LogP contribution is 2.30. The molecule has 0 atom stereocenters. The molecule has 1 fully saturated rings. The lowest BCUT2D eigenvalue weighted by Crippen LogP contribution is -2.33. The van der Waals surface area contributed by atoms with E-state index in [1.165, 1.54) is 22.6 Å². The first-order chi connectivity index (χ1) is 14.4. The fraction of sp³-hybridized carbons (Fsp3) is 0.273. The number of benzene rings is 1. The molecule has 1 aliphatic heterocycles. The molecule has 0 amide bonds. The molecule has 0 radical (unpaired) electrons. The van der Waals surface area contributed by atoms with Crippen LogP contribution in [0.25, 0.3) is 5.52 Å². The summed E-state index contributed by atoms with van der Waals surface area (Å²) in [7, 11) is 0. The molecule has 30 heavy (non-hydrogen) atoms. The number of ether oxygens (including phenoxy) is 1. The van der Waals surface area contributed by atoms with E-state index in [9.17, 15) is 18.4 Å². The lowest BCUT2D eigenvalue weighted by atomic mass is 9.89. The smallest absolute Gasteiger partial charge is 0.449 e. The molecule has 1 aromatic carbocycles. The second-order valence-corrected chi connectivity index (χ2v) is 7.42. The van der Waals surface area contributed by atoms with Gasteiger partial charge in [-0.25, -0.2) is 13.6 Å². The molecule has 3 aromatic rings. The molecule has 0 spiro atoms. The van der Waals surface area contributed by atoms with Gasteiger partial charge in [-0.1, -0.05) is 6.07 Å². The zero-order valence-electron chi connectivity index (χ0n) is 16.1. The molecule has 0 aliphatic carbocycles. The predicted octanol–water partition coefficient (Wildman–Crippen LogP) is 4.01. The van der Waals surface area contributed by atoms with Crippen molar-refractivity contribution in [3.8, 4) is 5.75 Å². The summed E-state index contributed by atoms with van der Waals surface area (Å²) in [4.78, 5) is 25.6. The van der Waals surface area contributed by atoms with E-state index in [1.807, 2.05) is 0 Å². The maximum Gasteiger partial charge on any atom is 0.511 e. The Labute approximate surface area is 170 Å². The predicted molar refractivity (Wildman–Crippen MR) is 106 cm³/mol. The van der Waals surface area contributed by atoms with Gasteiger partial charge in [0.05, 0.1) is 5.52 Å². The Morgan fingerprint density at radius 2 is 1.80 bits per heavy atom. The fourth-order valence-corrected chi connectivity index (χ4v) is 4.06. The number of carboxylic acid groups (broad SMARTS) is 1. The third kappa shape index (κ3) is 4.18. The number of aromatic nitrogens is 1. The topological polar surface area (TPSA) is 71.2 Å². The highest BCUT2D eigenvalue weighted by Gasteiger charge is 2.23. The number of fused-ring (bicyclic) bond motifs is 1. The van der Waals surface area contributed by atoms with Crippen LogP contribution in [0.5, 0.6) is 5.75 Å². The molecule has 3 heterocycles. The van der Waals surface area contributed by atoms with Gasteiger partial charge >= 0.3 is 6.16 Å². The van der Waals surface area contributed by atoms with Crippen LogP contribution in [-0.4, -0.2) is 33.7 Å². The molecule has 0 saturated carbocycles. The van der Waals surface area contributed by atoms with Gasteiger partial charge in [-0.3, -0.25) is 14.1 Å². The first-order valence-corrected chi connectivity index (χ1v) is 9.63. The van der Waals surface area contributed by atoms with Crippen molar-refractivity contribution in [3.63, 3.8) is 0 Å². The minimum Gasteiger partial charge on any atom is -0.449 e. The Bertz CT molecular complexity index is 1130. The second kappa shape index (κ2) is 8.23. The quantitative estimate of drug-likeness (QED) is 0.653. The van der Waals surface area contributed by atoms with Crippen molar-refractivity contribution in [2.75, 3.05) is 13.1 Å². The van der Waals surface area contributed by atoms with Gasteiger partial charge in [-0.05, 0) is 73.3 Å². The van der Waals surface area contributed by atoms with E-state index in [0.717, 1.165) is 24.5 Å². The fourth-order valence-electron chi connectivity index (χ4n) is 4.06. The first-order valence-electron chi connectivity index (χ1n) is 9.63. The summed E-state index contributed by atoms with van der Waals surface area (Å²) in [5.41, 5.74) is 1.57. The van der Waals surface area contributed by atoms with Crippen LogP contribution in [0.2, 0.25) is 0 Å². The monoisotopic (exact) mass is 414 g/mol. The van der Waals surface area contributed by atoms with Crippen LogP contribution < -0.4 is 10.3 Å². The van der Waals surface area contributed by atoms with E-state index >= 15 is 0 Å². The number of rotatable bonds is 4. The van der Waals surface area contributed by atoms with Crippen LogP contribution in [0.4, 0.5) is 13.6 Å². The van der Waals surface area contributed by atoms with Crippen LogP contribution >= 0.6 is 0 Å². The Kier molecular flexibility index (Phi) is 5.50. The number of nitrogens with zero attached hydrogens (tertiary/aromatic N) is 2. The second-order valence-electron chi connectivity index (χ2n) is 7.42. The zero-order valence-corrected chi connectivity index (χ0v) is 16.1. The van der Waals surface area contributed by atoms with E-state index < -0.39 is 23.3 Å². The molecule has 0 bridgehead atoms. The van der Waals surface area contributed by atoms with E-state index in [-0.39, 0.29) is 11.7 Å². The maximum atomic E-state index is 13.5. The van der Waals surface area contributed by atoms with Gasteiger partial charge in [0.25, 0.3) is 5.56 Å². The van der Waals surface area contributed by atoms with E-state index in [2.05, 4.69) is 9.64 Å². The normalized spacial score (nSPS) is 15.4. The van der Waals surface area contributed by atoms with Crippen molar-refractivity contribution in [1.29, 1.82) is 0 Å². The average Bonchev–Trinajstić information content (AvgIpc) is 2.71. The molecule has 4 rings (SSSR count). The molecule has 1 aliphatic rings. The van der Waals surface area contributed by atoms with Gasteiger partial charge in [0, 0.05) is 18.8 Å². The summed E-state index contributed by atoms with van der Waals surface area (Å²) in [6, 6.07) is 10.4. The first kappa shape index (κ1) is 20.0. The summed E-state index contributed by atoms with van der Waals surface area (Å²) >= 11 is 0. The number of hydrogen-bond acceptors (Lipinski definition) is 4. The highest BCUT2D eigenvalue weighted by molar-refractivity contribution is 5.63. The van der Waals surface area contributed by atoms with Crippen LogP contribution in [-0.2, 0) is 6.54 Å². The Morgan fingerprint density at radius 3 is 2.47 bits per heavy atom. The van der Waals surface area contributed by atoms with Gasteiger partial charge in [0.15, 0.2) is 5.75 Å². The van der Waals surface area contributed by atoms with E-state index in [1.54, 1.807) is 24.4 Å². The third-order valence-electron chi connectivity index (χ3n) is 5.46. The van der Waals surface area contributed by atoms with E-state index in [0.29, 0.717) is 30.7 Å². The van der Waals surface area contributed by atoms with Gasteiger partial charge in [0.2, 0.25) is 0 Å². The van der Waals surface area contributed by atoms with Crippen molar-refractivity contribution in [2.45, 2.75) is 25.3 Å². The summed E-state index contributed by atoms with van der Waals surface area (Å²) in [6.07, 6.45) is 1.51. The maximum absolute atomic E-state index is 13.5. The number of likely N-dealkylation sites (tertiary alicyclic amines) is 1. The molecule has 1 saturated heterocycles. The summed E-state index contributed by atoms with van der Waals surface area (Å²) in [5, 5.41) is 8.92. The molecule has 6 nitrogen and oxygen atoms in total. The average molecular weight is 414 g/mol. The minimum absolute atomic E-state index is 0.0764. The Hall–Kier alpha value is -3.26. The SMILES string of the molecule is O=C(O)Oc1cc(CN2CCC(c3cc(F)cc(F)c3)CC2)c2ccccn2c1=O. The summed E-state index contributed by atoms with van der Waals surface area (Å²) < 4.78 is 33.1. The van der Waals surface area contributed by atoms with Crippen LogP contribution in [0, 0.1) is 11.6 Å². The molecular weight excluding hydrogens is 394 g/mol. The van der Waals surface area contributed by atoms with Crippen LogP contribution in [0.1, 0.15) is 29.9 Å². The lowest BCUT2D eigenvalue weighted by Gasteiger charge is -2.32. The van der Waals surface area contributed by atoms with Crippen molar-refractivity contribution in [3.05, 3.63) is 81.8 Å². The van der Waals surface area contributed by atoms with Crippen molar-refractivity contribution in [2.24, 2.45) is 0 Å². The number of piperidine rings is 1. The van der Waals surface area contributed by atoms with Gasteiger partial charge in [-0.2, -0.15) is 0 Å². The van der Waals surface area contributed by atoms with Crippen molar-refractivity contribution >= 4 is 11.7 Å². The van der Waals surface area contributed by atoms with Crippen LogP contribution in [0.15, 0.2) is 53.5 Å². The van der Waals surface area contributed by atoms with Gasteiger partial charge < -0.3 is 9.84 Å². The number of pyridine rings is 2. The van der Waals surface area contributed by atoms with Gasteiger partial charge in [0.1, 0.15) is 11.6 Å². The number of halogens is 2. The molecule has 8 heteroatoms. The summed E-state index contributed by atoms with van der Waals surface area (Å²) in [6.45, 7) is 1.90. The zero-order chi connectivity index (χ0) is 21.3. The molecular formula is C22H20F2N2O4. The lowest BCUT2D eigenvalue weighted by molar-refractivity contribution is 0.143. The van der Waals surface area contributed by atoms with Crippen molar-refractivity contribution in [1.82, 2.24) is 9.30 Å². The Balaban J connectivity index is 1.54. The van der Waals surface area contributed by atoms with Crippen molar-refractivity contribution < 1.29 is 23.4 Å². The molecule has 0 unspecified atom stereocenters. The molecule has 156 valence electrons. The highest BCUT2D eigenvalue weighted by atomic mass is 19.1. The molecule has 2 aromatic heterocycles. The number of carbonyl (C=O) groups is 1. The van der Waals surface area contributed by atoms with E-state index in [4.69, 9.17) is 5.11 Å². The summed E-state index contributed by atoms with van der Waals surface area (Å²) in [5.74, 6) is -1.31. The van der Waals surface area contributed by atoms with Gasteiger partial charge in [-0.15, -0.1) is 0 Å². The minimum atomic E-state index is -1.54.